The number of nitrogens with zero attached hydrogens (tertiary/aromatic N) is 1. The van der Waals surface area contributed by atoms with Crippen molar-refractivity contribution in [3.05, 3.63) is 77.0 Å². The summed E-state index contributed by atoms with van der Waals surface area (Å²) in [4.78, 5) is 0. The second-order valence-electron chi connectivity index (χ2n) is 8.63. The molecule has 2 aliphatic rings. The highest BCUT2D eigenvalue weighted by molar-refractivity contribution is 5.95. The fraction of sp³-hybridized carbons (Fsp3) is 0.250. The van der Waals surface area contributed by atoms with Crippen LogP contribution in [0.25, 0.3) is 22.0 Å². The molecule has 0 fully saturated rings. The lowest BCUT2D eigenvalue weighted by molar-refractivity contribution is -0.686. The van der Waals surface area contributed by atoms with E-state index in [0.29, 0.717) is 0 Å². The Morgan fingerprint density at radius 3 is 2.50 bits per heavy atom. The van der Waals surface area contributed by atoms with Crippen molar-refractivity contribution >= 4 is 10.8 Å². The van der Waals surface area contributed by atoms with Gasteiger partial charge in [0.1, 0.15) is 0 Å². The lowest BCUT2D eigenvalue weighted by Gasteiger charge is -2.21. The Bertz CT molecular complexity index is 1420. The summed E-state index contributed by atoms with van der Waals surface area (Å²) in [6, 6.07) is 17.1. The standard InChI is InChI=1S/C28H26NO4.BrH/c1-17-6-4-5-7-18(17)12-22-20-8-9-24(30-2)28(31-3)23(20)15-29-11-10-19-13-25-26(33-16-32-25)14-21(19)27(22)29;/h4-9,13-15H,10-12,16H2,1-3H3;1H/q+1;/p-1. The Balaban J connectivity index is 0.00000241. The smallest absolute Gasteiger partial charge is 0.231 e. The third-order valence-corrected chi connectivity index (χ3v) is 6.87. The molecule has 3 heterocycles. The highest BCUT2D eigenvalue weighted by atomic mass is 79.9. The fourth-order valence-electron chi connectivity index (χ4n) is 5.19. The first kappa shape index (κ1) is 22.5. The van der Waals surface area contributed by atoms with Crippen LogP contribution >= 0.6 is 0 Å². The zero-order chi connectivity index (χ0) is 22.5. The lowest BCUT2D eigenvalue weighted by atomic mass is 9.88. The molecular weight excluding hydrogens is 494 g/mol. The SMILES string of the molecule is COc1ccc2c(Cc3ccccc3C)c3[n+](cc2c1OC)CCc1cc2c(cc1-3)OCO2.[Br-]. The molecule has 5 nitrogen and oxygen atoms in total. The summed E-state index contributed by atoms with van der Waals surface area (Å²) in [6.45, 7) is 3.34. The van der Waals surface area contributed by atoms with Crippen molar-refractivity contribution in [3.63, 3.8) is 0 Å². The van der Waals surface area contributed by atoms with Crippen molar-refractivity contribution in [3.8, 4) is 34.3 Å². The topological polar surface area (TPSA) is 40.8 Å². The van der Waals surface area contributed by atoms with Crippen LogP contribution in [-0.2, 0) is 19.4 Å². The Hall–Kier alpha value is -3.25. The third kappa shape index (κ3) is 3.48. The monoisotopic (exact) mass is 519 g/mol. The number of rotatable bonds is 4. The molecule has 0 spiro atoms. The first-order valence-electron chi connectivity index (χ1n) is 11.3. The second-order valence-corrected chi connectivity index (χ2v) is 8.63. The van der Waals surface area contributed by atoms with E-state index in [9.17, 15) is 0 Å². The van der Waals surface area contributed by atoms with Gasteiger partial charge in [0.2, 0.25) is 12.5 Å². The molecule has 0 amide bonds. The second kappa shape index (κ2) is 8.84. The van der Waals surface area contributed by atoms with Gasteiger partial charge >= 0.3 is 0 Å². The Labute approximate surface area is 209 Å². The molecule has 6 heteroatoms. The number of ether oxygens (including phenoxy) is 4. The predicted molar refractivity (Wildman–Crippen MR) is 126 cm³/mol. The largest absolute Gasteiger partial charge is 1.00 e. The fourth-order valence-corrected chi connectivity index (χ4v) is 5.19. The van der Waals surface area contributed by atoms with E-state index in [-0.39, 0.29) is 23.8 Å². The minimum Gasteiger partial charge on any atom is -1.00 e. The lowest BCUT2D eigenvalue weighted by Crippen LogP contribution is -3.00. The van der Waals surface area contributed by atoms with Crippen molar-refractivity contribution < 1.29 is 40.5 Å². The first-order chi connectivity index (χ1) is 16.2. The molecule has 1 aromatic heterocycles. The Morgan fingerprint density at radius 1 is 0.941 bits per heavy atom. The molecule has 0 saturated carbocycles. The van der Waals surface area contributed by atoms with Crippen molar-refractivity contribution in [2.75, 3.05) is 21.0 Å². The van der Waals surface area contributed by atoms with Crippen LogP contribution in [0, 0.1) is 6.92 Å². The average molecular weight is 520 g/mol. The maximum absolute atomic E-state index is 5.82. The summed E-state index contributed by atoms with van der Waals surface area (Å²) in [5.41, 5.74) is 7.63. The summed E-state index contributed by atoms with van der Waals surface area (Å²) in [5, 5.41) is 2.24. The van der Waals surface area contributed by atoms with Crippen molar-refractivity contribution in [2.45, 2.75) is 26.3 Å². The van der Waals surface area contributed by atoms with Crippen LogP contribution in [0.2, 0.25) is 0 Å². The number of aromatic nitrogens is 1. The van der Waals surface area contributed by atoms with Crippen molar-refractivity contribution in [1.29, 1.82) is 0 Å². The van der Waals surface area contributed by atoms with Gasteiger partial charge in [0.15, 0.2) is 35.7 Å². The molecule has 3 aromatic carbocycles. The van der Waals surface area contributed by atoms with E-state index in [4.69, 9.17) is 18.9 Å². The zero-order valence-corrected chi connectivity index (χ0v) is 21.1. The number of pyridine rings is 1. The molecule has 174 valence electrons. The summed E-state index contributed by atoms with van der Waals surface area (Å²) >= 11 is 0. The van der Waals surface area contributed by atoms with Crippen LogP contribution in [0.3, 0.4) is 0 Å². The van der Waals surface area contributed by atoms with Gasteiger partial charge in [0, 0.05) is 23.8 Å². The van der Waals surface area contributed by atoms with E-state index < -0.39 is 0 Å². The van der Waals surface area contributed by atoms with Crippen LogP contribution in [0.1, 0.15) is 22.3 Å². The molecule has 0 atom stereocenters. The number of halogens is 1. The van der Waals surface area contributed by atoms with Gasteiger partial charge in [0.05, 0.1) is 25.2 Å². The third-order valence-electron chi connectivity index (χ3n) is 6.87. The van der Waals surface area contributed by atoms with Crippen molar-refractivity contribution in [1.82, 2.24) is 0 Å². The molecule has 34 heavy (non-hydrogen) atoms. The molecule has 0 saturated heterocycles. The first-order valence-corrected chi connectivity index (χ1v) is 11.3. The molecule has 0 bridgehead atoms. The van der Waals surface area contributed by atoms with Crippen molar-refractivity contribution in [2.24, 2.45) is 0 Å². The maximum atomic E-state index is 5.82. The zero-order valence-electron chi connectivity index (χ0n) is 19.5. The van der Waals surface area contributed by atoms with Crippen LogP contribution in [-0.4, -0.2) is 21.0 Å². The number of benzene rings is 3. The maximum Gasteiger partial charge on any atom is 0.231 e. The van der Waals surface area contributed by atoms with Gasteiger partial charge in [-0.25, -0.2) is 0 Å². The number of fused-ring (bicyclic) bond motifs is 5. The van der Waals surface area contributed by atoms with Gasteiger partial charge in [-0.3, -0.25) is 0 Å². The van der Waals surface area contributed by atoms with Gasteiger partial charge in [-0.2, -0.15) is 4.57 Å². The quantitative estimate of drug-likeness (QED) is 0.387. The average Bonchev–Trinajstić information content (AvgIpc) is 3.30. The number of hydrogen-bond donors (Lipinski definition) is 0. The van der Waals surface area contributed by atoms with Crippen LogP contribution in [0.5, 0.6) is 23.0 Å². The minimum absolute atomic E-state index is 0. The van der Waals surface area contributed by atoms with Crippen LogP contribution in [0.4, 0.5) is 0 Å². The van der Waals surface area contributed by atoms with E-state index in [0.717, 1.165) is 47.8 Å². The van der Waals surface area contributed by atoms with E-state index in [1.807, 2.05) is 6.07 Å². The van der Waals surface area contributed by atoms with Gasteiger partial charge in [-0.15, -0.1) is 0 Å². The van der Waals surface area contributed by atoms with E-state index in [2.05, 4.69) is 60.2 Å². The van der Waals surface area contributed by atoms with E-state index >= 15 is 0 Å². The Kier molecular flexibility index (Phi) is 5.86. The summed E-state index contributed by atoms with van der Waals surface area (Å²) in [5.74, 6) is 3.17. The van der Waals surface area contributed by atoms with Crippen LogP contribution < -0.4 is 40.5 Å². The van der Waals surface area contributed by atoms with Gasteiger partial charge in [0.25, 0.3) is 0 Å². The molecule has 0 aliphatic carbocycles. The normalized spacial score (nSPS) is 13.1. The summed E-state index contributed by atoms with van der Waals surface area (Å²) < 4.78 is 25.2. The number of methoxy groups -OCH3 is 2. The van der Waals surface area contributed by atoms with Crippen LogP contribution in [0.15, 0.2) is 54.7 Å². The summed E-state index contributed by atoms with van der Waals surface area (Å²) in [7, 11) is 3.39. The van der Waals surface area contributed by atoms with E-state index in [1.54, 1.807) is 14.2 Å². The molecule has 2 aliphatic heterocycles. The van der Waals surface area contributed by atoms with E-state index in [1.165, 1.54) is 38.9 Å². The van der Waals surface area contributed by atoms with Gasteiger partial charge in [-0.05, 0) is 47.9 Å². The highest BCUT2D eigenvalue weighted by Gasteiger charge is 2.32. The number of aryl methyl sites for hydroxylation is 3. The molecule has 0 N–H and O–H groups in total. The predicted octanol–water partition coefficient (Wildman–Crippen LogP) is 2.00. The minimum atomic E-state index is 0. The molecule has 0 unspecified atom stereocenters. The number of hydrogen-bond acceptors (Lipinski definition) is 4. The summed E-state index contributed by atoms with van der Waals surface area (Å²) in [6.07, 6.45) is 3.97. The molecule has 4 aromatic rings. The Morgan fingerprint density at radius 2 is 1.74 bits per heavy atom. The molecular formula is C28H26BrNO4. The van der Waals surface area contributed by atoms with Gasteiger partial charge in [-0.1, -0.05) is 24.3 Å². The highest BCUT2D eigenvalue weighted by Crippen LogP contribution is 2.44. The van der Waals surface area contributed by atoms with Gasteiger partial charge < -0.3 is 35.9 Å². The molecule has 6 rings (SSSR count). The molecule has 0 radical (unpaired) electrons.